The van der Waals surface area contributed by atoms with Gasteiger partial charge in [0.1, 0.15) is 5.75 Å². The van der Waals surface area contributed by atoms with Crippen molar-refractivity contribution in [2.75, 3.05) is 6.61 Å². The van der Waals surface area contributed by atoms with E-state index in [4.69, 9.17) is 9.84 Å². The number of ether oxygens (including phenoxy) is 1. The predicted molar refractivity (Wildman–Crippen MR) is 62.9 cm³/mol. The summed E-state index contributed by atoms with van der Waals surface area (Å²) in [6, 6.07) is 7.31. The lowest BCUT2D eigenvalue weighted by molar-refractivity contribution is -0.138. The third kappa shape index (κ3) is 3.26. The Labute approximate surface area is 96.1 Å². The number of hydrogen-bond acceptors (Lipinski definition) is 2. The van der Waals surface area contributed by atoms with Crippen LogP contribution in [0.5, 0.6) is 5.75 Å². The van der Waals surface area contributed by atoms with Crippen molar-refractivity contribution in [3.05, 3.63) is 29.8 Å². The Morgan fingerprint density at radius 3 is 2.38 bits per heavy atom. The van der Waals surface area contributed by atoms with Gasteiger partial charge in [0.25, 0.3) is 0 Å². The molecule has 16 heavy (non-hydrogen) atoms. The highest BCUT2D eigenvalue weighted by Crippen LogP contribution is 2.22. The lowest BCUT2D eigenvalue weighted by Gasteiger charge is -2.11. The van der Waals surface area contributed by atoms with Crippen molar-refractivity contribution in [1.82, 2.24) is 0 Å². The molecule has 0 amide bonds. The Bertz CT molecular complexity index is 330. The van der Waals surface area contributed by atoms with Crippen LogP contribution in [0.4, 0.5) is 0 Å². The number of carboxylic acids is 1. The Morgan fingerprint density at radius 1 is 1.31 bits per heavy atom. The van der Waals surface area contributed by atoms with Gasteiger partial charge in [-0.25, -0.2) is 0 Å². The van der Waals surface area contributed by atoms with E-state index in [9.17, 15) is 4.79 Å². The average molecular weight is 222 g/mol. The molecule has 0 fully saturated rings. The van der Waals surface area contributed by atoms with Crippen LogP contribution in [-0.4, -0.2) is 17.7 Å². The summed E-state index contributed by atoms with van der Waals surface area (Å²) in [6.45, 7) is 4.61. The molecule has 0 heterocycles. The van der Waals surface area contributed by atoms with Crippen LogP contribution in [-0.2, 0) is 4.79 Å². The topological polar surface area (TPSA) is 46.5 Å². The first-order chi connectivity index (χ1) is 7.69. The van der Waals surface area contributed by atoms with E-state index in [0.717, 1.165) is 17.7 Å². The van der Waals surface area contributed by atoms with E-state index in [0.29, 0.717) is 13.0 Å². The molecule has 3 heteroatoms. The summed E-state index contributed by atoms with van der Waals surface area (Å²) in [7, 11) is 0. The van der Waals surface area contributed by atoms with E-state index < -0.39 is 11.9 Å². The zero-order chi connectivity index (χ0) is 12.0. The van der Waals surface area contributed by atoms with Crippen LogP contribution in [0, 0.1) is 0 Å². The molecule has 0 aromatic heterocycles. The van der Waals surface area contributed by atoms with Gasteiger partial charge in [-0.05, 0) is 30.5 Å². The van der Waals surface area contributed by atoms with E-state index in [2.05, 4.69) is 0 Å². The van der Waals surface area contributed by atoms with Gasteiger partial charge in [-0.1, -0.05) is 26.0 Å². The van der Waals surface area contributed by atoms with Crippen molar-refractivity contribution < 1.29 is 14.6 Å². The molecule has 1 unspecified atom stereocenters. The standard InChI is InChI=1S/C13H18O3/c1-3-9-16-11-7-5-10(6-8-11)12(4-2)13(14)15/h5-8,12H,3-4,9H2,1-2H3,(H,14,15). The molecule has 1 atom stereocenters. The number of carbonyl (C=O) groups is 1. The molecule has 0 aliphatic carbocycles. The van der Waals surface area contributed by atoms with Gasteiger partial charge >= 0.3 is 5.97 Å². The molecular weight excluding hydrogens is 204 g/mol. The summed E-state index contributed by atoms with van der Waals surface area (Å²) >= 11 is 0. The smallest absolute Gasteiger partial charge is 0.310 e. The summed E-state index contributed by atoms with van der Waals surface area (Å²) in [5.74, 6) is -0.393. The van der Waals surface area contributed by atoms with Crippen molar-refractivity contribution >= 4 is 5.97 Å². The Morgan fingerprint density at radius 2 is 1.94 bits per heavy atom. The Kier molecular flexibility index (Phi) is 4.83. The minimum atomic E-state index is -0.773. The molecule has 0 saturated carbocycles. The molecule has 0 bridgehead atoms. The van der Waals surface area contributed by atoms with E-state index in [1.807, 2.05) is 38.1 Å². The number of aliphatic carboxylic acids is 1. The third-order valence-corrected chi connectivity index (χ3v) is 2.46. The average Bonchev–Trinajstić information content (AvgIpc) is 2.28. The fourth-order valence-corrected chi connectivity index (χ4v) is 1.57. The molecule has 1 rings (SSSR count). The fourth-order valence-electron chi connectivity index (χ4n) is 1.57. The SMILES string of the molecule is CCCOc1ccc(C(CC)C(=O)O)cc1. The minimum absolute atomic E-state index is 0.416. The first-order valence-electron chi connectivity index (χ1n) is 5.64. The molecule has 0 aliphatic heterocycles. The summed E-state index contributed by atoms with van der Waals surface area (Å²) in [5.41, 5.74) is 0.832. The van der Waals surface area contributed by atoms with Crippen LogP contribution in [0.25, 0.3) is 0 Å². The van der Waals surface area contributed by atoms with E-state index in [1.165, 1.54) is 0 Å². The monoisotopic (exact) mass is 222 g/mol. The summed E-state index contributed by atoms with van der Waals surface area (Å²) in [6.07, 6.45) is 1.57. The van der Waals surface area contributed by atoms with Gasteiger partial charge in [0, 0.05) is 0 Å². The fraction of sp³-hybridized carbons (Fsp3) is 0.462. The van der Waals surface area contributed by atoms with Crippen LogP contribution in [0.1, 0.15) is 38.2 Å². The normalized spacial score (nSPS) is 12.1. The van der Waals surface area contributed by atoms with Crippen molar-refractivity contribution in [2.24, 2.45) is 0 Å². The van der Waals surface area contributed by atoms with Gasteiger partial charge in [0.2, 0.25) is 0 Å². The second-order valence-electron chi connectivity index (χ2n) is 3.72. The minimum Gasteiger partial charge on any atom is -0.494 e. The molecule has 88 valence electrons. The highest BCUT2D eigenvalue weighted by atomic mass is 16.5. The first kappa shape index (κ1) is 12.6. The molecule has 1 N–H and O–H groups in total. The van der Waals surface area contributed by atoms with Crippen molar-refractivity contribution in [2.45, 2.75) is 32.6 Å². The maximum absolute atomic E-state index is 11.0. The van der Waals surface area contributed by atoms with Crippen molar-refractivity contribution in [3.63, 3.8) is 0 Å². The summed E-state index contributed by atoms with van der Waals surface area (Å²) < 4.78 is 5.44. The van der Waals surface area contributed by atoms with E-state index in [1.54, 1.807) is 0 Å². The zero-order valence-electron chi connectivity index (χ0n) is 9.77. The van der Waals surface area contributed by atoms with Crippen LogP contribution in [0.2, 0.25) is 0 Å². The van der Waals surface area contributed by atoms with Gasteiger partial charge in [0.15, 0.2) is 0 Å². The highest BCUT2D eigenvalue weighted by molar-refractivity contribution is 5.76. The van der Waals surface area contributed by atoms with Gasteiger partial charge in [-0.3, -0.25) is 4.79 Å². The predicted octanol–water partition coefficient (Wildman–Crippen LogP) is 3.05. The van der Waals surface area contributed by atoms with E-state index in [-0.39, 0.29) is 0 Å². The summed E-state index contributed by atoms with van der Waals surface area (Å²) in [5, 5.41) is 9.01. The van der Waals surface area contributed by atoms with Gasteiger partial charge in [0.05, 0.1) is 12.5 Å². The second kappa shape index (κ2) is 6.16. The lowest BCUT2D eigenvalue weighted by Crippen LogP contribution is -2.10. The van der Waals surface area contributed by atoms with Crippen LogP contribution in [0.3, 0.4) is 0 Å². The molecule has 1 aromatic rings. The van der Waals surface area contributed by atoms with Crippen LogP contribution < -0.4 is 4.74 Å². The quantitative estimate of drug-likeness (QED) is 0.804. The van der Waals surface area contributed by atoms with Crippen molar-refractivity contribution in [3.8, 4) is 5.75 Å². The molecule has 0 saturated heterocycles. The second-order valence-corrected chi connectivity index (χ2v) is 3.72. The van der Waals surface area contributed by atoms with Crippen molar-refractivity contribution in [1.29, 1.82) is 0 Å². The number of rotatable bonds is 6. The highest BCUT2D eigenvalue weighted by Gasteiger charge is 2.16. The molecular formula is C13H18O3. The van der Waals surface area contributed by atoms with E-state index >= 15 is 0 Å². The Hall–Kier alpha value is -1.51. The molecule has 1 aromatic carbocycles. The first-order valence-corrected chi connectivity index (χ1v) is 5.64. The number of hydrogen-bond donors (Lipinski definition) is 1. The largest absolute Gasteiger partial charge is 0.494 e. The zero-order valence-corrected chi connectivity index (χ0v) is 9.77. The van der Waals surface area contributed by atoms with Crippen LogP contribution in [0.15, 0.2) is 24.3 Å². The third-order valence-electron chi connectivity index (χ3n) is 2.46. The van der Waals surface area contributed by atoms with Gasteiger partial charge < -0.3 is 9.84 Å². The van der Waals surface area contributed by atoms with Crippen LogP contribution >= 0.6 is 0 Å². The molecule has 0 aliphatic rings. The molecule has 0 spiro atoms. The number of benzene rings is 1. The number of carboxylic acid groups (broad SMARTS) is 1. The maximum atomic E-state index is 11.0. The maximum Gasteiger partial charge on any atom is 0.310 e. The lowest BCUT2D eigenvalue weighted by atomic mass is 9.97. The molecule has 3 nitrogen and oxygen atoms in total. The Balaban J connectivity index is 2.73. The molecule has 0 radical (unpaired) electrons. The van der Waals surface area contributed by atoms with Gasteiger partial charge in [-0.2, -0.15) is 0 Å². The van der Waals surface area contributed by atoms with Gasteiger partial charge in [-0.15, -0.1) is 0 Å². The summed E-state index contributed by atoms with van der Waals surface area (Å²) in [4.78, 5) is 11.0.